The molecule has 1 unspecified atom stereocenters. The van der Waals surface area contributed by atoms with Crippen LogP contribution in [0.2, 0.25) is 5.15 Å². The molecule has 0 saturated heterocycles. The van der Waals surface area contributed by atoms with Gasteiger partial charge in [-0.3, -0.25) is 4.79 Å². The SMILES string of the molecule is CCC(NC(=O)c1cc(N)cnc1Cl)C(C)C. The lowest BCUT2D eigenvalue weighted by atomic mass is 10.0. The van der Waals surface area contributed by atoms with Crippen molar-refractivity contribution < 1.29 is 4.79 Å². The van der Waals surface area contributed by atoms with Crippen LogP contribution in [0.1, 0.15) is 37.6 Å². The third-order valence-corrected chi connectivity index (χ3v) is 2.97. The number of nitrogens with one attached hydrogen (secondary N) is 1. The lowest BCUT2D eigenvalue weighted by Crippen LogP contribution is -2.38. The molecule has 1 heterocycles. The van der Waals surface area contributed by atoms with E-state index < -0.39 is 0 Å². The monoisotopic (exact) mass is 255 g/mol. The number of nitrogens with zero attached hydrogens (tertiary/aromatic N) is 1. The third-order valence-electron chi connectivity index (χ3n) is 2.67. The van der Waals surface area contributed by atoms with Crippen molar-refractivity contribution >= 4 is 23.2 Å². The van der Waals surface area contributed by atoms with Gasteiger partial charge >= 0.3 is 0 Å². The summed E-state index contributed by atoms with van der Waals surface area (Å²) in [6, 6.07) is 1.66. The highest BCUT2D eigenvalue weighted by molar-refractivity contribution is 6.32. The van der Waals surface area contributed by atoms with Gasteiger partial charge in [-0.2, -0.15) is 0 Å². The van der Waals surface area contributed by atoms with Crippen LogP contribution in [-0.2, 0) is 0 Å². The first kappa shape index (κ1) is 13.8. The number of aromatic nitrogens is 1. The molecule has 0 radical (unpaired) electrons. The topological polar surface area (TPSA) is 68.0 Å². The molecular formula is C12H18ClN3O. The first-order valence-corrected chi connectivity index (χ1v) is 6.05. The molecule has 1 aromatic rings. The third kappa shape index (κ3) is 3.60. The van der Waals surface area contributed by atoms with E-state index in [0.717, 1.165) is 6.42 Å². The lowest BCUT2D eigenvalue weighted by molar-refractivity contribution is 0.0924. The van der Waals surface area contributed by atoms with Gasteiger partial charge in [0, 0.05) is 6.04 Å². The van der Waals surface area contributed by atoms with E-state index in [4.69, 9.17) is 17.3 Å². The molecule has 1 rings (SSSR count). The summed E-state index contributed by atoms with van der Waals surface area (Å²) in [5.74, 6) is 0.145. The Labute approximate surface area is 107 Å². The summed E-state index contributed by atoms with van der Waals surface area (Å²) < 4.78 is 0. The maximum atomic E-state index is 12.0. The fourth-order valence-electron chi connectivity index (χ4n) is 1.61. The first-order chi connectivity index (χ1) is 7.95. The van der Waals surface area contributed by atoms with E-state index in [1.807, 2.05) is 6.92 Å². The van der Waals surface area contributed by atoms with Crippen LogP contribution in [0.25, 0.3) is 0 Å². The number of carbonyl (C=O) groups excluding carboxylic acids is 1. The van der Waals surface area contributed by atoms with E-state index in [9.17, 15) is 4.79 Å². The van der Waals surface area contributed by atoms with Crippen LogP contribution in [-0.4, -0.2) is 16.9 Å². The Morgan fingerprint density at radius 2 is 2.24 bits per heavy atom. The van der Waals surface area contributed by atoms with Gasteiger partial charge < -0.3 is 11.1 Å². The predicted molar refractivity (Wildman–Crippen MR) is 70.0 cm³/mol. The number of carbonyl (C=O) groups is 1. The second kappa shape index (κ2) is 5.87. The molecule has 0 bridgehead atoms. The first-order valence-electron chi connectivity index (χ1n) is 5.67. The minimum absolute atomic E-state index is 0.125. The van der Waals surface area contributed by atoms with Gasteiger partial charge in [0.2, 0.25) is 0 Å². The molecule has 0 aromatic carbocycles. The molecule has 0 aliphatic rings. The molecule has 0 spiro atoms. The van der Waals surface area contributed by atoms with Gasteiger partial charge in [-0.15, -0.1) is 0 Å². The Morgan fingerprint density at radius 1 is 1.59 bits per heavy atom. The maximum absolute atomic E-state index is 12.0. The van der Waals surface area contributed by atoms with Crippen LogP contribution in [0.15, 0.2) is 12.3 Å². The van der Waals surface area contributed by atoms with Crippen LogP contribution < -0.4 is 11.1 Å². The molecule has 1 amide bonds. The standard InChI is InChI=1S/C12H18ClN3O/c1-4-10(7(2)3)16-12(17)9-5-8(14)6-15-11(9)13/h5-7,10H,4,14H2,1-3H3,(H,16,17). The van der Waals surface area contributed by atoms with Gasteiger partial charge in [0.15, 0.2) is 0 Å². The quantitative estimate of drug-likeness (QED) is 0.813. The van der Waals surface area contributed by atoms with E-state index in [1.54, 1.807) is 0 Å². The molecule has 3 N–H and O–H groups in total. The highest BCUT2D eigenvalue weighted by atomic mass is 35.5. The minimum Gasteiger partial charge on any atom is -0.397 e. The number of rotatable bonds is 4. The van der Waals surface area contributed by atoms with Crippen LogP contribution in [0.5, 0.6) is 0 Å². The Hall–Kier alpha value is -1.29. The number of nitrogen functional groups attached to an aromatic ring is 1. The number of amides is 1. The normalized spacial score (nSPS) is 12.5. The molecule has 0 saturated carbocycles. The fourth-order valence-corrected chi connectivity index (χ4v) is 1.80. The van der Waals surface area contributed by atoms with Crippen molar-refractivity contribution in [2.24, 2.45) is 5.92 Å². The Morgan fingerprint density at radius 3 is 2.76 bits per heavy atom. The van der Waals surface area contributed by atoms with Gasteiger partial charge in [0.1, 0.15) is 5.15 Å². The molecule has 94 valence electrons. The molecule has 0 aliphatic heterocycles. The zero-order valence-corrected chi connectivity index (χ0v) is 11.1. The largest absolute Gasteiger partial charge is 0.397 e. The maximum Gasteiger partial charge on any atom is 0.254 e. The minimum atomic E-state index is -0.227. The number of anilines is 1. The van der Waals surface area contributed by atoms with Crippen LogP contribution in [0.4, 0.5) is 5.69 Å². The summed E-state index contributed by atoms with van der Waals surface area (Å²) in [6.07, 6.45) is 2.30. The van der Waals surface area contributed by atoms with E-state index in [1.165, 1.54) is 12.3 Å². The Balaban J connectivity index is 2.86. The summed E-state index contributed by atoms with van der Waals surface area (Å²) >= 11 is 5.87. The van der Waals surface area contributed by atoms with E-state index in [0.29, 0.717) is 17.2 Å². The molecule has 1 atom stereocenters. The van der Waals surface area contributed by atoms with Gasteiger partial charge in [0.25, 0.3) is 5.91 Å². The van der Waals surface area contributed by atoms with E-state index in [2.05, 4.69) is 24.1 Å². The van der Waals surface area contributed by atoms with Crippen molar-refractivity contribution in [1.29, 1.82) is 0 Å². The van der Waals surface area contributed by atoms with Crippen molar-refractivity contribution in [3.05, 3.63) is 23.0 Å². The Bertz CT molecular complexity index is 407. The molecule has 0 aliphatic carbocycles. The second-order valence-electron chi connectivity index (χ2n) is 4.34. The van der Waals surface area contributed by atoms with E-state index in [-0.39, 0.29) is 17.1 Å². The van der Waals surface area contributed by atoms with Gasteiger partial charge in [-0.05, 0) is 18.4 Å². The van der Waals surface area contributed by atoms with Gasteiger partial charge in [0.05, 0.1) is 17.4 Å². The highest BCUT2D eigenvalue weighted by Crippen LogP contribution is 2.16. The van der Waals surface area contributed by atoms with Crippen LogP contribution >= 0.6 is 11.6 Å². The van der Waals surface area contributed by atoms with Gasteiger partial charge in [-0.25, -0.2) is 4.98 Å². The van der Waals surface area contributed by atoms with Crippen LogP contribution in [0.3, 0.4) is 0 Å². The summed E-state index contributed by atoms with van der Waals surface area (Å²) in [4.78, 5) is 15.9. The van der Waals surface area contributed by atoms with Crippen molar-refractivity contribution in [2.75, 3.05) is 5.73 Å². The van der Waals surface area contributed by atoms with Crippen molar-refractivity contribution in [2.45, 2.75) is 33.2 Å². The van der Waals surface area contributed by atoms with Gasteiger partial charge in [-0.1, -0.05) is 32.4 Å². The van der Waals surface area contributed by atoms with Crippen molar-refractivity contribution in [3.8, 4) is 0 Å². The molecule has 0 fully saturated rings. The van der Waals surface area contributed by atoms with Crippen LogP contribution in [0, 0.1) is 5.92 Å². The zero-order chi connectivity index (χ0) is 13.0. The van der Waals surface area contributed by atoms with Crippen molar-refractivity contribution in [1.82, 2.24) is 10.3 Å². The smallest absolute Gasteiger partial charge is 0.254 e. The molecular weight excluding hydrogens is 238 g/mol. The predicted octanol–water partition coefficient (Wildman–Crippen LogP) is 2.48. The molecule has 17 heavy (non-hydrogen) atoms. The summed E-state index contributed by atoms with van der Waals surface area (Å²) in [5, 5.41) is 3.11. The molecule has 1 aromatic heterocycles. The number of pyridine rings is 1. The molecule has 4 nitrogen and oxygen atoms in total. The Kier molecular flexibility index (Phi) is 4.75. The molecule has 5 heteroatoms. The fraction of sp³-hybridized carbons (Fsp3) is 0.500. The highest BCUT2D eigenvalue weighted by Gasteiger charge is 2.17. The average molecular weight is 256 g/mol. The van der Waals surface area contributed by atoms with E-state index >= 15 is 0 Å². The second-order valence-corrected chi connectivity index (χ2v) is 4.70. The number of hydrogen-bond donors (Lipinski definition) is 2. The average Bonchev–Trinajstić information content (AvgIpc) is 2.28. The summed E-state index contributed by atoms with van der Waals surface area (Å²) in [5.41, 5.74) is 6.34. The summed E-state index contributed by atoms with van der Waals surface area (Å²) in [7, 11) is 0. The van der Waals surface area contributed by atoms with Crippen molar-refractivity contribution in [3.63, 3.8) is 0 Å². The number of halogens is 1. The number of hydrogen-bond acceptors (Lipinski definition) is 3. The zero-order valence-electron chi connectivity index (χ0n) is 10.3. The number of nitrogens with two attached hydrogens (primary N) is 1. The summed E-state index contributed by atoms with van der Waals surface area (Å²) in [6.45, 7) is 6.16. The lowest BCUT2D eigenvalue weighted by Gasteiger charge is -2.20.